The fraction of sp³-hybridized carbons (Fsp3) is 0.474. The van der Waals surface area contributed by atoms with E-state index in [2.05, 4.69) is 51.7 Å². The Balaban J connectivity index is 2.22. The molecule has 1 heterocycles. The van der Waals surface area contributed by atoms with Crippen molar-refractivity contribution in [2.75, 3.05) is 6.61 Å². The van der Waals surface area contributed by atoms with Crippen molar-refractivity contribution < 1.29 is 14.0 Å². The highest BCUT2D eigenvalue weighted by Gasteiger charge is 2.25. The molecule has 2 rings (SSSR count). The lowest BCUT2D eigenvalue weighted by molar-refractivity contribution is 0.0520. The van der Waals surface area contributed by atoms with Crippen molar-refractivity contribution in [3.05, 3.63) is 48.0 Å². The molecular weight excluding hydrogens is 332 g/mol. The zero-order valence-electron chi connectivity index (χ0n) is 15.8. The lowest BCUT2D eigenvalue weighted by atomic mass is 9.98. The summed E-state index contributed by atoms with van der Waals surface area (Å²) in [6, 6.07) is 8.08. The summed E-state index contributed by atoms with van der Waals surface area (Å²) in [6.07, 6.45) is 3.30. The number of carbonyl (C=O) groups excluding carboxylic acids is 1. The van der Waals surface area contributed by atoms with Crippen LogP contribution in [0.1, 0.15) is 57.6 Å². The normalized spacial score (nSPS) is 12.2. The fourth-order valence-electron chi connectivity index (χ4n) is 2.16. The van der Waals surface area contributed by atoms with Crippen LogP contribution >= 0.6 is 0 Å². The summed E-state index contributed by atoms with van der Waals surface area (Å²) >= 11 is 0. The number of carbonyl (C=O) groups is 1. The second kappa shape index (κ2) is 7.54. The molecule has 0 aliphatic carbocycles. The van der Waals surface area contributed by atoms with Gasteiger partial charge in [-0.15, -0.1) is 0 Å². The summed E-state index contributed by atoms with van der Waals surface area (Å²) in [7, 11) is 0.402. The third-order valence-electron chi connectivity index (χ3n) is 3.52. The molecule has 0 aliphatic heterocycles. The zero-order valence-corrected chi connectivity index (χ0v) is 16.8. The van der Waals surface area contributed by atoms with Gasteiger partial charge in [-0.1, -0.05) is 32.9 Å². The van der Waals surface area contributed by atoms with Gasteiger partial charge >= 0.3 is 5.97 Å². The van der Waals surface area contributed by atoms with E-state index < -0.39 is 11.6 Å². The summed E-state index contributed by atoms with van der Waals surface area (Å²) in [5.41, 5.74) is 1.91. The van der Waals surface area contributed by atoms with E-state index in [0.29, 0.717) is 22.1 Å². The minimum atomic E-state index is -0.410. The van der Waals surface area contributed by atoms with E-state index in [1.54, 1.807) is 19.4 Å². The number of rotatable bonds is 6. The lowest BCUT2D eigenvalue weighted by Gasteiger charge is -2.30. The Labute approximate surface area is 152 Å². The van der Waals surface area contributed by atoms with Gasteiger partial charge in [0.2, 0.25) is 9.76 Å². The molecule has 0 atom stereocenters. The van der Waals surface area contributed by atoms with Crippen LogP contribution in [0.15, 0.2) is 36.8 Å². The predicted molar refractivity (Wildman–Crippen MR) is 99.1 cm³/mol. The Morgan fingerprint density at radius 2 is 1.96 bits per heavy atom. The van der Waals surface area contributed by atoms with Gasteiger partial charge in [-0.25, -0.2) is 9.78 Å². The van der Waals surface area contributed by atoms with Crippen molar-refractivity contribution in [2.24, 2.45) is 0 Å². The summed E-state index contributed by atoms with van der Waals surface area (Å²) in [6.45, 7) is 12.8. The van der Waals surface area contributed by atoms with E-state index in [1.807, 2.05) is 16.7 Å². The van der Waals surface area contributed by atoms with Crippen LogP contribution in [0.3, 0.4) is 0 Å². The third-order valence-corrected chi connectivity index (χ3v) is 4.74. The molecule has 0 unspecified atom stereocenters. The molecule has 134 valence electrons. The van der Waals surface area contributed by atoms with Gasteiger partial charge in [-0.05, 0) is 43.5 Å². The van der Waals surface area contributed by atoms with Crippen LogP contribution in [0.5, 0.6) is 0 Å². The van der Waals surface area contributed by atoms with Gasteiger partial charge < -0.3 is 13.7 Å². The first-order valence-corrected chi connectivity index (χ1v) is 9.30. The van der Waals surface area contributed by atoms with Crippen LogP contribution < -0.4 is 0 Å². The van der Waals surface area contributed by atoms with Crippen LogP contribution in [-0.2, 0) is 14.8 Å². The zero-order chi connectivity index (χ0) is 18.7. The SMILES string of the molecule is CCOC(=O)c1cn(-c2cccc(C(C)(C)O[Si]C(C)(C)C)c2)cn1. The van der Waals surface area contributed by atoms with Crippen molar-refractivity contribution in [1.82, 2.24) is 9.55 Å². The predicted octanol–water partition coefficient (Wildman–Crippen LogP) is 4.14. The topological polar surface area (TPSA) is 53.4 Å². The van der Waals surface area contributed by atoms with E-state index in [-0.39, 0.29) is 5.04 Å². The molecule has 0 saturated carbocycles. The molecule has 0 spiro atoms. The molecule has 0 aliphatic rings. The third kappa shape index (κ3) is 5.27. The van der Waals surface area contributed by atoms with Crippen molar-refractivity contribution in [3.8, 4) is 5.69 Å². The smallest absolute Gasteiger partial charge is 0.358 e. The Morgan fingerprint density at radius 1 is 1.24 bits per heavy atom. The van der Waals surface area contributed by atoms with E-state index in [0.717, 1.165) is 11.3 Å². The van der Waals surface area contributed by atoms with E-state index in [9.17, 15) is 4.79 Å². The molecule has 0 fully saturated rings. The number of ether oxygens (including phenoxy) is 1. The molecule has 0 amide bonds. The number of imidazole rings is 1. The maximum atomic E-state index is 11.8. The second-order valence-corrected chi connectivity index (χ2v) is 9.31. The largest absolute Gasteiger partial charge is 0.461 e. The summed E-state index contributed by atoms with van der Waals surface area (Å²) in [4.78, 5) is 15.9. The minimum absolute atomic E-state index is 0.133. The summed E-state index contributed by atoms with van der Waals surface area (Å²) in [5.74, 6) is -0.410. The maximum Gasteiger partial charge on any atom is 0.358 e. The second-order valence-electron chi connectivity index (χ2n) is 7.40. The standard InChI is InChI=1S/C19H26N2O3Si/c1-7-23-17(22)16-12-21(13-20-16)15-10-8-9-14(11-15)19(5,6)24-25-18(2,3)4/h8-13H,7H2,1-6H3. The summed E-state index contributed by atoms with van der Waals surface area (Å²) in [5, 5.41) is 0.133. The average Bonchev–Trinajstić information content (AvgIpc) is 3.03. The van der Waals surface area contributed by atoms with Gasteiger partial charge in [0.15, 0.2) is 5.69 Å². The first-order valence-electron chi connectivity index (χ1n) is 8.39. The van der Waals surface area contributed by atoms with Gasteiger partial charge in [-0.2, -0.15) is 0 Å². The van der Waals surface area contributed by atoms with Crippen molar-refractivity contribution in [3.63, 3.8) is 0 Å². The highest BCUT2D eigenvalue weighted by Crippen LogP contribution is 2.30. The average molecular weight is 359 g/mol. The van der Waals surface area contributed by atoms with Crippen molar-refractivity contribution >= 4 is 15.7 Å². The molecule has 5 nitrogen and oxygen atoms in total. The van der Waals surface area contributed by atoms with Gasteiger partial charge in [-0.3, -0.25) is 0 Å². The van der Waals surface area contributed by atoms with Gasteiger partial charge in [0, 0.05) is 11.9 Å². The number of esters is 1. The molecule has 6 heteroatoms. The Hall–Kier alpha value is -1.92. The quantitative estimate of drug-likeness (QED) is 0.575. The van der Waals surface area contributed by atoms with E-state index in [4.69, 9.17) is 9.16 Å². The van der Waals surface area contributed by atoms with Crippen LogP contribution in [0.25, 0.3) is 5.69 Å². The number of hydrogen-bond donors (Lipinski definition) is 0. The number of hydrogen-bond acceptors (Lipinski definition) is 4. The monoisotopic (exact) mass is 358 g/mol. The van der Waals surface area contributed by atoms with E-state index in [1.165, 1.54) is 0 Å². The van der Waals surface area contributed by atoms with Gasteiger partial charge in [0.25, 0.3) is 0 Å². The Bertz CT molecular complexity index is 732. The van der Waals surface area contributed by atoms with Gasteiger partial charge in [0.1, 0.15) is 6.33 Å². The van der Waals surface area contributed by atoms with Crippen LogP contribution in [0.4, 0.5) is 0 Å². The first kappa shape index (κ1) is 19.4. The minimum Gasteiger partial charge on any atom is -0.461 e. The Kier molecular flexibility index (Phi) is 5.85. The molecule has 25 heavy (non-hydrogen) atoms. The number of nitrogens with zero attached hydrogens (tertiary/aromatic N) is 2. The molecule has 0 bridgehead atoms. The van der Waals surface area contributed by atoms with Gasteiger partial charge in [0.05, 0.1) is 12.2 Å². The lowest BCUT2D eigenvalue weighted by Crippen LogP contribution is -2.27. The Morgan fingerprint density at radius 3 is 2.60 bits per heavy atom. The molecule has 0 saturated heterocycles. The highest BCUT2D eigenvalue weighted by molar-refractivity contribution is 6.31. The molecular formula is C19H26N2O3Si. The first-order chi connectivity index (χ1) is 11.6. The molecule has 1 aromatic carbocycles. The fourth-order valence-corrected chi connectivity index (χ4v) is 2.83. The highest BCUT2D eigenvalue weighted by atomic mass is 28.2. The van der Waals surface area contributed by atoms with Crippen LogP contribution in [0, 0.1) is 0 Å². The van der Waals surface area contributed by atoms with Crippen molar-refractivity contribution in [1.29, 1.82) is 0 Å². The maximum absolute atomic E-state index is 11.8. The molecule has 2 aromatic rings. The number of aromatic nitrogens is 2. The van der Waals surface area contributed by atoms with Crippen molar-refractivity contribution in [2.45, 2.75) is 52.2 Å². The molecule has 0 N–H and O–H groups in total. The molecule has 1 aromatic heterocycles. The molecule has 2 radical (unpaired) electrons. The van der Waals surface area contributed by atoms with E-state index >= 15 is 0 Å². The van der Waals surface area contributed by atoms with Crippen LogP contribution in [-0.4, -0.2) is 31.9 Å². The summed E-state index contributed by atoms with van der Waals surface area (Å²) < 4.78 is 13.0. The van der Waals surface area contributed by atoms with Crippen LogP contribution in [0.2, 0.25) is 5.04 Å². The number of benzene rings is 1.